The van der Waals surface area contributed by atoms with Crippen LogP contribution in [-0.4, -0.2) is 87.5 Å². The Kier molecular flexibility index (Phi) is 23.4. The maximum absolute atomic E-state index is 12.7. The molecule has 1 aliphatic heterocycles. The topological polar surface area (TPSA) is 149 Å². The highest BCUT2D eigenvalue weighted by Gasteiger charge is 2.44. The van der Waals surface area contributed by atoms with E-state index in [-0.39, 0.29) is 12.5 Å². The molecule has 7 atom stereocenters. The fourth-order valence-electron chi connectivity index (χ4n) is 5.27. The molecular formula is C33H63NO8. The van der Waals surface area contributed by atoms with Gasteiger partial charge >= 0.3 is 0 Å². The molecule has 1 amide bonds. The molecule has 0 radical (unpaired) electrons. The minimum absolute atomic E-state index is 0.184. The van der Waals surface area contributed by atoms with Crippen LogP contribution in [0.1, 0.15) is 136 Å². The number of aliphatic hydroxyl groups is 5. The zero-order chi connectivity index (χ0) is 31.0. The Morgan fingerprint density at radius 1 is 0.786 bits per heavy atom. The molecular weight excluding hydrogens is 538 g/mol. The summed E-state index contributed by atoms with van der Waals surface area (Å²) >= 11 is 0. The van der Waals surface area contributed by atoms with Crippen LogP contribution in [0.3, 0.4) is 0 Å². The molecule has 9 nitrogen and oxygen atoms in total. The Hall–Kier alpha value is -1.07. The van der Waals surface area contributed by atoms with E-state index in [1.807, 2.05) is 6.08 Å². The number of hydrogen-bond acceptors (Lipinski definition) is 8. The summed E-state index contributed by atoms with van der Waals surface area (Å²) in [5, 5.41) is 53.4. The van der Waals surface area contributed by atoms with Crippen LogP contribution in [0.4, 0.5) is 0 Å². The smallest absolute Gasteiger partial charge is 0.220 e. The van der Waals surface area contributed by atoms with Crippen molar-refractivity contribution in [2.45, 2.75) is 179 Å². The molecule has 248 valence electrons. The van der Waals surface area contributed by atoms with Gasteiger partial charge in [0.05, 0.1) is 25.4 Å². The molecule has 0 bridgehead atoms. The lowest BCUT2D eigenvalue weighted by molar-refractivity contribution is -0.302. The monoisotopic (exact) mass is 601 g/mol. The van der Waals surface area contributed by atoms with E-state index in [0.29, 0.717) is 6.42 Å². The van der Waals surface area contributed by atoms with Gasteiger partial charge in [0.1, 0.15) is 24.4 Å². The first-order valence-corrected chi connectivity index (χ1v) is 16.9. The van der Waals surface area contributed by atoms with E-state index >= 15 is 0 Å². The molecule has 9 heteroatoms. The third-order valence-electron chi connectivity index (χ3n) is 8.11. The second-order valence-electron chi connectivity index (χ2n) is 12.0. The second-order valence-corrected chi connectivity index (χ2v) is 12.0. The minimum atomic E-state index is -1.56. The van der Waals surface area contributed by atoms with Crippen molar-refractivity contribution in [3.63, 3.8) is 0 Å². The van der Waals surface area contributed by atoms with Crippen molar-refractivity contribution in [2.24, 2.45) is 0 Å². The van der Waals surface area contributed by atoms with Crippen LogP contribution < -0.4 is 5.32 Å². The van der Waals surface area contributed by atoms with Gasteiger partial charge in [-0.05, 0) is 19.3 Å². The van der Waals surface area contributed by atoms with Gasteiger partial charge in [0.25, 0.3) is 0 Å². The number of ether oxygens (including phenoxy) is 2. The quantitative estimate of drug-likeness (QED) is 0.0620. The Labute approximate surface area is 255 Å². The summed E-state index contributed by atoms with van der Waals surface area (Å²) in [5.41, 5.74) is 0. The predicted octanol–water partition coefficient (Wildman–Crippen LogP) is 4.66. The molecule has 0 aromatic heterocycles. The van der Waals surface area contributed by atoms with Gasteiger partial charge in [-0.25, -0.2) is 0 Å². The van der Waals surface area contributed by atoms with E-state index < -0.39 is 49.5 Å². The first-order chi connectivity index (χ1) is 20.3. The number of unbranched alkanes of at least 4 members (excludes halogenated alkanes) is 16. The Balaban J connectivity index is 2.44. The molecule has 0 saturated carbocycles. The first kappa shape index (κ1) is 39.0. The first-order valence-electron chi connectivity index (χ1n) is 16.9. The standard InChI is InChI=1S/C33H63NO8/c1-3-5-7-9-11-12-13-14-15-16-17-19-21-23-29(37)34-26(27(36)22-20-18-10-8-6-4-2)25-41-33-32(40)31(39)30(38)28(24-35)42-33/h20,22,26-28,30-33,35-36,38-40H,3-19,21,23-25H2,1-2H3,(H,34,37)/b22-20+. The number of allylic oxidation sites excluding steroid dienone is 1. The number of hydrogen-bond donors (Lipinski definition) is 6. The molecule has 42 heavy (non-hydrogen) atoms. The lowest BCUT2D eigenvalue weighted by atomic mass is 9.99. The van der Waals surface area contributed by atoms with Gasteiger partial charge in [-0.15, -0.1) is 0 Å². The van der Waals surface area contributed by atoms with E-state index in [9.17, 15) is 30.3 Å². The maximum atomic E-state index is 12.7. The summed E-state index contributed by atoms with van der Waals surface area (Å²) in [5.74, 6) is -0.184. The van der Waals surface area contributed by atoms with E-state index in [1.54, 1.807) is 6.08 Å². The fourth-order valence-corrected chi connectivity index (χ4v) is 5.27. The Morgan fingerprint density at radius 3 is 1.86 bits per heavy atom. The number of rotatable bonds is 26. The van der Waals surface area contributed by atoms with E-state index in [1.165, 1.54) is 70.6 Å². The molecule has 1 saturated heterocycles. The molecule has 0 aromatic carbocycles. The normalized spacial score (nSPS) is 24.2. The third kappa shape index (κ3) is 17.3. The van der Waals surface area contributed by atoms with Crippen molar-refractivity contribution in [3.05, 3.63) is 12.2 Å². The predicted molar refractivity (Wildman–Crippen MR) is 166 cm³/mol. The molecule has 7 unspecified atom stereocenters. The SMILES string of the molecule is CCCCCC/C=C/C(O)C(COC1OC(CO)C(O)C(O)C1O)NC(=O)CCCCCCCCCCCCCCC. The van der Waals surface area contributed by atoms with Crippen LogP contribution >= 0.6 is 0 Å². The third-order valence-corrected chi connectivity index (χ3v) is 8.11. The van der Waals surface area contributed by atoms with Gasteiger partial charge in [-0.1, -0.05) is 122 Å². The summed E-state index contributed by atoms with van der Waals surface area (Å²) < 4.78 is 11.1. The molecule has 0 aromatic rings. The van der Waals surface area contributed by atoms with Crippen molar-refractivity contribution in [2.75, 3.05) is 13.2 Å². The molecule has 1 rings (SSSR count). The average molecular weight is 602 g/mol. The van der Waals surface area contributed by atoms with Crippen molar-refractivity contribution in [1.82, 2.24) is 5.32 Å². The zero-order valence-electron chi connectivity index (χ0n) is 26.5. The molecule has 0 aliphatic carbocycles. The van der Waals surface area contributed by atoms with Crippen molar-refractivity contribution in [3.8, 4) is 0 Å². The summed E-state index contributed by atoms with van der Waals surface area (Å²) in [6.45, 7) is 3.65. The fraction of sp³-hybridized carbons (Fsp3) is 0.909. The zero-order valence-corrected chi connectivity index (χ0v) is 26.5. The summed E-state index contributed by atoms with van der Waals surface area (Å²) in [4.78, 5) is 12.7. The van der Waals surface area contributed by atoms with Crippen LogP contribution in [0.25, 0.3) is 0 Å². The van der Waals surface area contributed by atoms with Crippen LogP contribution in [-0.2, 0) is 14.3 Å². The molecule has 1 heterocycles. The maximum Gasteiger partial charge on any atom is 0.220 e. The minimum Gasteiger partial charge on any atom is -0.394 e. The highest BCUT2D eigenvalue weighted by Crippen LogP contribution is 2.22. The van der Waals surface area contributed by atoms with Crippen molar-refractivity contribution >= 4 is 5.91 Å². The number of aliphatic hydroxyl groups excluding tert-OH is 5. The molecule has 1 aliphatic rings. The van der Waals surface area contributed by atoms with Gasteiger partial charge in [-0.3, -0.25) is 4.79 Å². The summed E-state index contributed by atoms with van der Waals surface area (Å²) in [6, 6.07) is -0.793. The van der Waals surface area contributed by atoms with Gasteiger partial charge in [0, 0.05) is 6.42 Å². The molecule has 0 spiro atoms. The highest BCUT2D eigenvalue weighted by atomic mass is 16.7. The van der Waals surface area contributed by atoms with Gasteiger partial charge < -0.3 is 40.3 Å². The lowest BCUT2D eigenvalue weighted by Crippen LogP contribution is -2.60. The van der Waals surface area contributed by atoms with Crippen LogP contribution in [0.5, 0.6) is 0 Å². The van der Waals surface area contributed by atoms with Gasteiger partial charge in [0.15, 0.2) is 6.29 Å². The van der Waals surface area contributed by atoms with Crippen molar-refractivity contribution < 1.29 is 39.8 Å². The second kappa shape index (κ2) is 25.3. The average Bonchev–Trinajstić information content (AvgIpc) is 2.98. The molecule has 1 fully saturated rings. The van der Waals surface area contributed by atoms with E-state index in [2.05, 4.69) is 19.2 Å². The van der Waals surface area contributed by atoms with Crippen LogP contribution in [0.2, 0.25) is 0 Å². The van der Waals surface area contributed by atoms with Gasteiger partial charge in [-0.2, -0.15) is 0 Å². The van der Waals surface area contributed by atoms with E-state index in [0.717, 1.165) is 44.9 Å². The number of nitrogens with one attached hydrogen (secondary N) is 1. The number of amides is 1. The highest BCUT2D eigenvalue weighted by molar-refractivity contribution is 5.76. The summed E-state index contributed by atoms with van der Waals surface area (Å²) in [6.07, 6.45) is 17.1. The number of carbonyl (C=O) groups excluding carboxylic acids is 1. The van der Waals surface area contributed by atoms with Gasteiger partial charge in [0.2, 0.25) is 5.91 Å². The lowest BCUT2D eigenvalue weighted by Gasteiger charge is -2.40. The van der Waals surface area contributed by atoms with Crippen LogP contribution in [0, 0.1) is 0 Å². The van der Waals surface area contributed by atoms with E-state index in [4.69, 9.17) is 9.47 Å². The Morgan fingerprint density at radius 2 is 1.31 bits per heavy atom. The molecule has 6 N–H and O–H groups in total. The van der Waals surface area contributed by atoms with Crippen LogP contribution in [0.15, 0.2) is 12.2 Å². The Bertz CT molecular complexity index is 676. The largest absolute Gasteiger partial charge is 0.394 e. The van der Waals surface area contributed by atoms with Crippen molar-refractivity contribution in [1.29, 1.82) is 0 Å². The number of carbonyl (C=O) groups is 1. The summed E-state index contributed by atoms with van der Waals surface area (Å²) in [7, 11) is 0.